The summed E-state index contributed by atoms with van der Waals surface area (Å²) in [7, 11) is -1.46. The molecule has 0 nitrogen and oxygen atoms in total. The van der Waals surface area contributed by atoms with Crippen LogP contribution in [-0.2, 0) is 0 Å². The lowest BCUT2D eigenvalue weighted by atomic mass is 10.2. The lowest BCUT2D eigenvalue weighted by Gasteiger charge is -2.25. The van der Waals surface area contributed by atoms with Crippen LogP contribution in [0.1, 0.15) is 117 Å². The molecule has 0 atom stereocenters. The Bertz CT molecular complexity index is 194. The van der Waals surface area contributed by atoms with Gasteiger partial charge in [-0.1, -0.05) is 117 Å². The van der Waals surface area contributed by atoms with Crippen molar-refractivity contribution in [3.63, 3.8) is 0 Å². The van der Waals surface area contributed by atoms with Crippen molar-refractivity contribution in [2.75, 3.05) is 0 Å². The first-order valence-corrected chi connectivity index (χ1v) is 14.5. The Kier molecular flexibility index (Phi) is 17.7. The molecule has 23 heavy (non-hydrogen) atoms. The summed E-state index contributed by atoms with van der Waals surface area (Å²) >= 11 is 7.22. The lowest BCUT2D eigenvalue weighted by molar-refractivity contribution is 0.634. The minimum atomic E-state index is -1.46. The summed E-state index contributed by atoms with van der Waals surface area (Å²) in [6.45, 7) is 6.90. The molecular weight excluding hydrogens is 316 g/mol. The molecule has 0 fully saturated rings. The van der Waals surface area contributed by atoms with E-state index in [1.807, 2.05) is 0 Å². The van der Waals surface area contributed by atoms with E-state index < -0.39 is 7.38 Å². The summed E-state index contributed by atoms with van der Waals surface area (Å²) in [5.41, 5.74) is 0. The number of halogens is 1. The monoisotopic (exact) mass is 360 g/mol. The summed E-state index contributed by atoms with van der Waals surface area (Å²) in [6.07, 6.45) is 21.0. The van der Waals surface area contributed by atoms with Crippen LogP contribution in [-0.4, -0.2) is 7.38 Å². The van der Waals surface area contributed by atoms with Crippen LogP contribution < -0.4 is 0 Å². The minimum Gasteiger partial charge on any atom is -0.167 e. The quantitative estimate of drug-likeness (QED) is 0.130. The van der Waals surface area contributed by atoms with Gasteiger partial charge >= 0.3 is 0 Å². The van der Waals surface area contributed by atoms with Gasteiger partial charge in [0.1, 0.15) is 0 Å². The second-order valence-corrected chi connectivity index (χ2v) is 13.9. The third-order valence-corrected chi connectivity index (χ3v) is 10.6. The van der Waals surface area contributed by atoms with Gasteiger partial charge in [-0.2, -0.15) is 11.1 Å². The van der Waals surface area contributed by atoms with Gasteiger partial charge in [0.15, 0.2) is 7.38 Å². The fourth-order valence-corrected chi connectivity index (χ4v) is 8.11. The molecule has 0 bridgehead atoms. The average molecular weight is 361 g/mol. The normalized spacial score (nSPS) is 12.0. The Balaban J connectivity index is 4.00. The summed E-state index contributed by atoms with van der Waals surface area (Å²) < 4.78 is 0. The van der Waals surface area contributed by atoms with E-state index in [4.69, 9.17) is 11.1 Å². The summed E-state index contributed by atoms with van der Waals surface area (Å²) in [5.74, 6) is 0. The second kappa shape index (κ2) is 17.3. The van der Waals surface area contributed by atoms with Gasteiger partial charge in [0.25, 0.3) is 0 Å². The highest BCUT2D eigenvalue weighted by Gasteiger charge is 2.28. The fourth-order valence-electron chi connectivity index (χ4n) is 3.51. The maximum Gasteiger partial charge on any atom is 0.156 e. The third kappa shape index (κ3) is 15.8. The largest absolute Gasteiger partial charge is 0.167 e. The Morgan fingerprint density at radius 1 is 0.435 bits per heavy atom. The molecule has 0 saturated heterocycles. The smallest absolute Gasteiger partial charge is 0.156 e. The molecule has 0 radical (unpaired) electrons. The Hall–Kier alpha value is 0.507. The molecule has 0 spiro atoms. The van der Waals surface area contributed by atoms with Crippen molar-refractivity contribution in [2.24, 2.45) is 0 Å². The Labute approximate surface area is 153 Å². The van der Waals surface area contributed by atoms with Crippen LogP contribution in [0.3, 0.4) is 0 Å². The first kappa shape index (κ1) is 23.5. The molecule has 0 heterocycles. The van der Waals surface area contributed by atoms with Crippen molar-refractivity contribution in [2.45, 2.75) is 135 Å². The van der Waals surface area contributed by atoms with Gasteiger partial charge < -0.3 is 0 Å². The topological polar surface area (TPSA) is 0 Å². The van der Waals surface area contributed by atoms with Gasteiger partial charge in [-0.15, -0.1) is 0 Å². The van der Waals surface area contributed by atoms with E-state index >= 15 is 0 Å². The molecule has 140 valence electrons. The van der Waals surface area contributed by atoms with Crippen LogP contribution >= 0.6 is 11.1 Å². The van der Waals surface area contributed by atoms with Crippen molar-refractivity contribution in [3.8, 4) is 0 Å². The molecule has 0 rings (SSSR count). The molecule has 0 aliphatic carbocycles. The summed E-state index contributed by atoms with van der Waals surface area (Å²) in [4.78, 5) is 0. The number of rotatable bonds is 18. The predicted molar refractivity (Wildman–Crippen MR) is 112 cm³/mol. The Morgan fingerprint density at radius 3 is 0.957 bits per heavy atom. The second-order valence-electron chi connectivity index (χ2n) is 7.64. The van der Waals surface area contributed by atoms with Crippen LogP contribution in [0.5, 0.6) is 0 Å². The summed E-state index contributed by atoms with van der Waals surface area (Å²) in [5, 5.41) is 0. The molecule has 0 saturated carbocycles. The number of hydrogen-bond donors (Lipinski definition) is 0. The van der Waals surface area contributed by atoms with Gasteiger partial charge in [-0.05, 0) is 18.1 Å². The van der Waals surface area contributed by atoms with Crippen molar-refractivity contribution in [1.29, 1.82) is 0 Å². The molecule has 0 amide bonds. The zero-order chi connectivity index (χ0) is 17.2. The molecule has 0 unspecified atom stereocenters. The van der Waals surface area contributed by atoms with E-state index in [2.05, 4.69) is 20.8 Å². The van der Waals surface area contributed by atoms with Gasteiger partial charge in [0.2, 0.25) is 0 Å². The van der Waals surface area contributed by atoms with Gasteiger partial charge in [-0.3, -0.25) is 0 Å². The van der Waals surface area contributed by atoms with Crippen LogP contribution in [0.25, 0.3) is 0 Å². The van der Waals surface area contributed by atoms with Gasteiger partial charge in [-0.25, -0.2) is 0 Å². The van der Waals surface area contributed by atoms with Crippen molar-refractivity contribution < 1.29 is 0 Å². The molecule has 2 heteroatoms. The maximum atomic E-state index is 7.22. The highest BCUT2D eigenvalue weighted by Crippen LogP contribution is 2.33. The first-order valence-electron chi connectivity index (χ1n) is 10.9. The van der Waals surface area contributed by atoms with E-state index in [0.717, 1.165) is 0 Å². The van der Waals surface area contributed by atoms with Crippen LogP contribution in [0.15, 0.2) is 0 Å². The van der Waals surface area contributed by atoms with E-state index in [0.29, 0.717) is 0 Å². The standard InChI is InChI=1S/C21H45ClSi/c1-4-7-10-13-16-19-23(22,20-17-14-11-8-5-2)21-18-15-12-9-6-3/h4-21H2,1-3H3. The van der Waals surface area contributed by atoms with Crippen molar-refractivity contribution in [3.05, 3.63) is 0 Å². The molecule has 0 aliphatic heterocycles. The molecule has 0 aromatic carbocycles. The number of unbranched alkanes of at least 4 members (excludes halogenated alkanes) is 12. The molecule has 0 aromatic heterocycles. The van der Waals surface area contributed by atoms with Gasteiger partial charge in [0, 0.05) is 0 Å². The van der Waals surface area contributed by atoms with Crippen LogP contribution in [0.2, 0.25) is 18.1 Å². The molecule has 0 aliphatic rings. The van der Waals surface area contributed by atoms with Crippen LogP contribution in [0, 0.1) is 0 Å². The van der Waals surface area contributed by atoms with Crippen molar-refractivity contribution in [1.82, 2.24) is 0 Å². The summed E-state index contributed by atoms with van der Waals surface area (Å²) in [6, 6.07) is 4.17. The van der Waals surface area contributed by atoms with E-state index in [1.165, 1.54) is 114 Å². The van der Waals surface area contributed by atoms with Crippen LogP contribution in [0.4, 0.5) is 0 Å². The lowest BCUT2D eigenvalue weighted by Crippen LogP contribution is -2.26. The number of hydrogen-bond acceptors (Lipinski definition) is 0. The Morgan fingerprint density at radius 2 is 0.696 bits per heavy atom. The van der Waals surface area contributed by atoms with E-state index in [9.17, 15) is 0 Å². The van der Waals surface area contributed by atoms with Gasteiger partial charge in [0.05, 0.1) is 0 Å². The highest BCUT2D eigenvalue weighted by atomic mass is 35.6. The first-order chi connectivity index (χ1) is 11.2. The fraction of sp³-hybridized carbons (Fsp3) is 1.00. The zero-order valence-corrected chi connectivity index (χ0v) is 18.4. The van der Waals surface area contributed by atoms with E-state index in [-0.39, 0.29) is 0 Å². The predicted octanol–water partition coefficient (Wildman–Crippen LogP) is 9.08. The zero-order valence-electron chi connectivity index (χ0n) is 16.6. The minimum absolute atomic E-state index is 1.35. The SMILES string of the molecule is CCCCCCC[Si](Cl)(CCCCCCC)CCCCCCC. The van der Waals surface area contributed by atoms with E-state index in [1.54, 1.807) is 0 Å². The molecular formula is C21H45ClSi. The third-order valence-electron chi connectivity index (χ3n) is 5.19. The maximum absolute atomic E-state index is 7.22. The molecule has 0 aromatic rings. The average Bonchev–Trinajstić information content (AvgIpc) is 2.54. The highest BCUT2D eigenvalue weighted by molar-refractivity contribution is 7.20. The molecule has 0 N–H and O–H groups in total. The van der Waals surface area contributed by atoms with Crippen molar-refractivity contribution >= 4 is 18.5 Å².